The SMILES string of the molecule is [B]C1(Nc2ncc3cc(C([B])(F)F)c(=O)n([C@H]4CCC[C@]4(C)O)c3n2)CCN(S(C)(=O)=O)CC1. The van der Waals surface area contributed by atoms with Gasteiger partial charge >= 0.3 is 0 Å². The Kier molecular flexibility index (Phi) is 6.09. The lowest BCUT2D eigenvalue weighted by Crippen LogP contribution is -2.51. The normalized spacial score (nSPS) is 26.1. The number of rotatable bonds is 5. The van der Waals surface area contributed by atoms with Gasteiger partial charge in [0.1, 0.15) is 13.5 Å². The molecule has 2 aromatic rings. The molecular weight excluding hydrogens is 466 g/mol. The summed E-state index contributed by atoms with van der Waals surface area (Å²) in [6.07, 6.45) is 4.38. The summed E-state index contributed by atoms with van der Waals surface area (Å²) in [5.74, 6) is -3.83. The minimum absolute atomic E-state index is 0.0563. The van der Waals surface area contributed by atoms with E-state index in [1.807, 2.05) is 0 Å². The van der Waals surface area contributed by atoms with Crippen LogP contribution in [0.2, 0.25) is 0 Å². The van der Waals surface area contributed by atoms with E-state index in [1.54, 1.807) is 6.92 Å². The highest BCUT2D eigenvalue weighted by molar-refractivity contribution is 7.88. The van der Waals surface area contributed by atoms with Crippen LogP contribution in [0, 0.1) is 0 Å². The molecule has 2 fully saturated rings. The van der Waals surface area contributed by atoms with Crippen LogP contribution in [0.15, 0.2) is 17.1 Å². The van der Waals surface area contributed by atoms with Crippen molar-refractivity contribution < 1.29 is 22.3 Å². The van der Waals surface area contributed by atoms with Crippen molar-refractivity contribution in [2.24, 2.45) is 0 Å². The van der Waals surface area contributed by atoms with E-state index in [2.05, 4.69) is 15.3 Å². The number of sulfonamides is 1. The van der Waals surface area contributed by atoms with Gasteiger partial charge in [0.25, 0.3) is 5.56 Å². The van der Waals surface area contributed by atoms with Crippen LogP contribution in [0.25, 0.3) is 11.0 Å². The van der Waals surface area contributed by atoms with Gasteiger partial charge in [0, 0.05) is 30.1 Å². The number of aliphatic hydroxyl groups is 1. The van der Waals surface area contributed by atoms with Gasteiger partial charge in [-0.05, 0) is 45.1 Å². The van der Waals surface area contributed by atoms with Crippen molar-refractivity contribution in [3.63, 3.8) is 0 Å². The van der Waals surface area contributed by atoms with Crippen LogP contribution in [0.3, 0.4) is 0 Å². The highest BCUT2D eigenvalue weighted by Gasteiger charge is 2.41. The predicted molar refractivity (Wildman–Crippen MR) is 125 cm³/mol. The van der Waals surface area contributed by atoms with E-state index in [-0.39, 0.29) is 42.9 Å². The number of hydrogen-bond donors (Lipinski definition) is 2. The highest BCUT2D eigenvalue weighted by atomic mass is 32.2. The first-order valence-electron chi connectivity index (χ1n) is 10.9. The second kappa shape index (κ2) is 8.27. The number of halogens is 2. The third kappa shape index (κ3) is 4.72. The Morgan fingerprint density at radius 3 is 2.47 bits per heavy atom. The third-order valence-electron chi connectivity index (χ3n) is 6.77. The number of fused-ring (bicyclic) bond motifs is 1. The lowest BCUT2D eigenvalue weighted by molar-refractivity contribution is 0.0256. The quantitative estimate of drug-likeness (QED) is 0.595. The summed E-state index contributed by atoms with van der Waals surface area (Å²) in [4.78, 5) is 21.7. The third-order valence-corrected chi connectivity index (χ3v) is 8.07. The molecule has 2 N–H and O–H groups in total. The van der Waals surface area contributed by atoms with Crippen molar-refractivity contribution in [1.29, 1.82) is 0 Å². The first kappa shape index (κ1) is 25.1. The summed E-state index contributed by atoms with van der Waals surface area (Å²) < 4.78 is 54.0. The van der Waals surface area contributed by atoms with Crippen LogP contribution in [-0.4, -0.2) is 78.4 Å². The molecule has 0 spiro atoms. The fourth-order valence-corrected chi connectivity index (χ4v) is 5.66. The molecule has 2 aliphatic rings. The molecule has 9 nitrogen and oxygen atoms in total. The molecule has 0 unspecified atom stereocenters. The van der Waals surface area contributed by atoms with Crippen LogP contribution in [0.5, 0.6) is 0 Å². The minimum atomic E-state index is -3.89. The number of piperidine rings is 1. The van der Waals surface area contributed by atoms with E-state index in [9.17, 15) is 27.1 Å². The van der Waals surface area contributed by atoms with E-state index >= 15 is 0 Å². The van der Waals surface area contributed by atoms with Crippen molar-refractivity contribution >= 4 is 42.7 Å². The van der Waals surface area contributed by atoms with Crippen LogP contribution in [0.4, 0.5) is 14.7 Å². The molecule has 2 aromatic heterocycles. The van der Waals surface area contributed by atoms with E-state index in [0.29, 0.717) is 19.3 Å². The van der Waals surface area contributed by atoms with Crippen molar-refractivity contribution in [1.82, 2.24) is 18.8 Å². The van der Waals surface area contributed by atoms with Gasteiger partial charge in [0.15, 0.2) is 7.85 Å². The fourth-order valence-electron chi connectivity index (χ4n) is 4.81. The molecule has 0 bridgehead atoms. The average Bonchev–Trinajstić information content (AvgIpc) is 3.04. The van der Waals surface area contributed by atoms with Gasteiger partial charge in [-0.2, -0.15) is 4.98 Å². The summed E-state index contributed by atoms with van der Waals surface area (Å²) in [5, 5.41) is 14.0. The number of nitrogens with one attached hydrogen (secondary N) is 1. The van der Waals surface area contributed by atoms with E-state index in [0.717, 1.165) is 16.9 Å². The van der Waals surface area contributed by atoms with Gasteiger partial charge in [-0.1, -0.05) is 0 Å². The Bertz CT molecular complexity index is 1270. The molecular formula is C20H25B2F2N5O4S. The number of alkyl halides is 2. The van der Waals surface area contributed by atoms with E-state index < -0.39 is 44.0 Å². The Morgan fingerprint density at radius 1 is 1.29 bits per heavy atom. The molecule has 4 radical (unpaired) electrons. The van der Waals surface area contributed by atoms with Crippen molar-refractivity contribution in [2.75, 3.05) is 24.7 Å². The lowest BCUT2D eigenvalue weighted by Gasteiger charge is -2.39. The fraction of sp³-hybridized carbons (Fsp3) is 0.650. The van der Waals surface area contributed by atoms with Crippen LogP contribution >= 0.6 is 0 Å². The maximum absolute atomic E-state index is 14.0. The Morgan fingerprint density at radius 2 is 1.94 bits per heavy atom. The maximum atomic E-state index is 14.0. The van der Waals surface area contributed by atoms with E-state index in [4.69, 9.17) is 15.7 Å². The second-order valence-electron chi connectivity index (χ2n) is 9.54. The molecule has 4 rings (SSSR count). The van der Waals surface area contributed by atoms with Crippen LogP contribution in [-0.2, 0) is 15.8 Å². The van der Waals surface area contributed by atoms with Crippen molar-refractivity contribution in [3.8, 4) is 0 Å². The van der Waals surface area contributed by atoms with Crippen LogP contribution < -0.4 is 10.9 Å². The number of hydrogen-bond acceptors (Lipinski definition) is 7. The molecule has 34 heavy (non-hydrogen) atoms. The monoisotopic (exact) mass is 491 g/mol. The second-order valence-corrected chi connectivity index (χ2v) is 11.5. The molecule has 1 saturated carbocycles. The van der Waals surface area contributed by atoms with Crippen molar-refractivity contribution in [3.05, 3.63) is 28.2 Å². The Labute approximate surface area is 198 Å². The van der Waals surface area contributed by atoms with Gasteiger partial charge < -0.3 is 10.4 Å². The highest BCUT2D eigenvalue weighted by Crippen LogP contribution is 2.40. The largest absolute Gasteiger partial charge is 0.388 e. The number of aromatic nitrogens is 3. The summed E-state index contributed by atoms with van der Waals surface area (Å²) in [5.41, 5.74) is -4.18. The first-order chi connectivity index (χ1) is 15.6. The van der Waals surface area contributed by atoms with Crippen LogP contribution in [0.1, 0.15) is 50.6 Å². The van der Waals surface area contributed by atoms with Crippen molar-refractivity contribution in [2.45, 2.75) is 61.9 Å². The number of anilines is 1. The zero-order chi connectivity index (χ0) is 25.1. The molecule has 1 aliphatic heterocycles. The number of pyridine rings is 1. The summed E-state index contributed by atoms with van der Waals surface area (Å²) in [7, 11) is 8.05. The Balaban J connectivity index is 1.76. The average molecular weight is 491 g/mol. The molecule has 180 valence electrons. The zero-order valence-electron chi connectivity index (χ0n) is 19.0. The van der Waals surface area contributed by atoms with Gasteiger partial charge in [-0.3, -0.25) is 9.36 Å². The summed E-state index contributed by atoms with van der Waals surface area (Å²) in [6.45, 7) is 1.97. The Hall–Kier alpha value is -2.05. The summed E-state index contributed by atoms with van der Waals surface area (Å²) >= 11 is 0. The van der Waals surface area contributed by atoms with Gasteiger partial charge in [0.2, 0.25) is 21.8 Å². The molecule has 1 saturated heterocycles. The predicted octanol–water partition coefficient (Wildman–Crippen LogP) is 0.817. The molecule has 1 aliphatic carbocycles. The summed E-state index contributed by atoms with van der Waals surface area (Å²) in [6, 6.07) is 0.183. The van der Waals surface area contributed by atoms with Gasteiger partial charge in [0.05, 0.1) is 23.5 Å². The molecule has 3 heterocycles. The number of nitrogens with zero attached hydrogens (tertiary/aromatic N) is 4. The smallest absolute Gasteiger partial charge is 0.260 e. The minimum Gasteiger partial charge on any atom is -0.388 e. The molecule has 0 amide bonds. The lowest BCUT2D eigenvalue weighted by atomic mass is 9.71. The molecule has 2 atom stereocenters. The zero-order valence-corrected chi connectivity index (χ0v) is 19.8. The first-order valence-corrected chi connectivity index (χ1v) is 12.8. The van der Waals surface area contributed by atoms with E-state index in [1.165, 1.54) is 10.5 Å². The van der Waals surface area contributed by atoms with Gasteiger partial charge in [-0.25, -0.2) is 26.5 Å². The molecule has 14 heteroatoms. The van der Waals surface area contributed by atoms with Gasteiger partial charge in [-0.15, -0.1) is 0 Å². The maximum Gasteiger partial charge on any atom is 0.260 e. The topological polar surface area (TPSA) is 117 Å². The molecule has 0 aromatic carbocycles. The standard InChI is InChI=1S/C20H25B2F2N5O4S/c1-18(31)5-3-4-14(18)29-15-12(10-13(16(29)30)20(22,23)24)11-25-17(26-15)27-19(21)6-8-28(9-7-19)34(2,32)33/h10-11,14,31H,3-9H2,1-2H3,(H,25,26,27)/t14-,18-/m0/s1.